The number of nitrogens with zero attached hydrogens (tertiary/aromatic N) is 4. The third-order valence-electron chi connectivity index (χ3n) is 3.80. The Kier molecular flexibility index (Phi) is 4.54. The maximum atomic E-state index is 11.7. The Labute approximate surface area is 133 Å². The van der Waals surface area contributed by atoms with Crippen LogP contribution < -0.4 is 0 Å². The molecule has 22 heavy (non-hydrogen) atoms. The molecule has 118 valence electrons. The van der Waals surface area contributed by atoms with E-state index >= 15 is 0 Å². The fourth-order valence-corrected chi connectivity index (χ4v) is 3.78. The summed E-state index contributed by atoms with van der Waals surface area (Å²) in [4.78, 5) is 18.6. The van der Waals surface area contributed by atoms with E-state index in [1.165, 1.54) is 5.56 Å². The van der Waals surface area contributed by atoms with Gasteiger partial charge in [0.1, 0.15) is 5.01 Å². The van der Waals surface area contributed by atoms with E-state index in [4.69, 9.17) is 4.74 Å². The molecule has 2 aromatic heterocycles. The van der Waals surface area contributed by atoms with Crippen molar-refractivity contribution in [2.24, 2.45) is 7.05 Å². The van der Waals surface area contributed by atoms with Gasteiger partial charge in [0, 0.05) is 30.7 Å². The quantitative estimate of drug-likeness (QED) is 0.792. The summed E-state index contributed by atoms with van der Waals surface area (Å²) in [5.41, 5.74) is 1.63. The molecule has 3 rings (SSSR count). The maximum absolute atomic E-state index is 11.7. The Morgan fingerprint density at radius 2 is 2.41 bits per heavy atom. The van der Waals surface area contributed by atoms with Crippen LogP contribution in [-0.4, -0.2) is 38.8 Å². The molecule has 0 amide bonds. The van der Waals surface area contributed by atoms with Gasteiger partial charge in [-0.2, -0.15) is 5.10 Å². The van der Waals surface area contributed by atoms with Crippen LogP contribution in [0, 0.1) is 0 Å². The van der Waals surface area contributed by atoms with Crippen LogP contribution in [-0.2, 0) is 18.3 Å². The normalized spacial score (nSPS) is 18.7. The summed E-state index contributed by atoms with van der Waals surface area (Å²) in [6, 6.07) is 0.286. The van der Waals surface area contributed by atoms with Gasteiger partial charge >= 0.3 is 5.97 Å². The van der Waals surface area contributed by atoms with Gasteiger partial charge in [-0.3, -0.25) is 9.58 Å². The average molecular weight is 320 g/mol. The second-order valence-electron chi connectivity index (χ2n) is 5.44. The minimum Gasteiger partial charge on any atom is -0.461 e. The predicted molar refractivity (Wildman–Crippen MR) is 83.7 cm³/mol. The van der Waals surface area contributed by atoms with Crippen molar-refractivity contribution in [3.05, 3.63) is 34.0 Å². The minimum atomic E-state index is -0.332. The van der Waals surface area contributed by atoms with E-state index in [1.807, 2.05) is 24.1 Å². The summed E-state index contributed by atoms with van der Waals surface area (Å²) < 4.78 is 6.83. The smallest absolute Gasteiger partial charge is 0.357 e. The lowest BCUT2D eigenvalue weighted by Crippen LogP contribution is -2.22. The van der Waals surface area contributed by atoms with Crippen LogP contribution in [0.2, 0.25) is 0 Å². The van der Waals surface area contributed by atoms with Crippen molar-refractivity contribution in [3.8, 4) is 0 Å². The molecule has 1 unspecified atom stereocenters. The van der Waals surface area contributed by atoms with Crippen LogP contribution in [0.4, 0.5) is 0 Å². The Bertz CT molecular complexity index is 652. The number of thiazole rings is 1. The molecule has 0 aromatic carbocycles. The van der Waals surface area contributed by atoms with Crippen molar-refractivity contribution in [2.45, 2.75) is 32.4 Å². The Balaban J connectivity index is 1.71. The number of rotatable bonds is 5. The van der Waals surface area contributed by atoms with E-state index in [2.05, 4.69) is 15.0 Å². The van der Waals surface area contributed by atoms with E-state index in [0.29, 0.717) is 12.3 Å². The number of hydrogen-bond donors (Lipinski definition) is 0. The van der Waals surface area contributed by atoms with Crippen LogP contribution in [0.3, 0.4) is 0 Å². The molecular formula is C15H20N4O2S. The zero-order chi connectivity index (χ0) is 15.5. The Morgan fingerprint density at radius 3 is 3.14 bits per heavy atom. The number of carbonyl (C=O) groups is 1. The zero-order valence-electron chi connectivity index (χ0n) is 12.9. The lowest BCUT2D eigenvalue weighted by atomic mass is 10.2. The summed E-state index contributed by atoms with van der Waals surface area (Å²) in [5.74, 6) is -0.332. The third kappa shape index (κ3) is 3.20. The molecule has 1 aliphatic rings. The van der Waals surface area contributed by atoms with Crippen molar-refractivity contribution < 1.29 is 9.53 Å². The molecular weight excluding hydrogens is 300 g/mol. The first kappa shape index (κ1) is 15.2. The Hall–Kier alpha value is -1.73. The van der Waals surface area contributed by atoms with Gasteiger partial charge in [0.25, 0.3) is 0 Å². The van der Waals surface area contributed by atoms with E-state index < -0.39 is 0 Å². The molecule has 1 aliphatic heterocycles. The second-order valence-corrected chi connectivity index (χ2v) is 6.33. The van der Waals surface area contributed by atoms with Crippen molar-refractivity contribution in [1.82, 2.24) is 19.7 Å². The summed E-state index contributed by atoms with van der Waals surface area (Å²) >= 11 is 1.55. The van der Waals surface area contributed by atoms with E-state index in [9.17, 15) is 4.79 Å². The van der Waals surface area contributed by atoms with Crippen molar-refractivity contribution in [2.75, 3.05) is 13.2 Å². The molecule has 0 aliphatic carbocycles. The van der Waals surface area contributed by atoms with Gasteiger partial charge in [0.15, 0.2) is 5.69 Å². The molecule has 0 spiro atoms. The molecule has 2 aromatic rings. The van der Waals surface area contributed by atoms with Gasteiger partial charge in [-0.15, -0.1) is 11.3 Å². The predicted octanol–water partition coefficient (Wildman–Crippen LogP) is 2.39. The molecule has 1 saturated heterocycles. The van der Waals surface area contributed by atoms with Crippen LogP contribution in [0.5, 0.6) is 0 Å². The number of aromatic nitrogens is 3. The van der Waals surface area contributed by atoms with Gasteiger partial charge in [-0.1, -0.05) is 0 Å². The van der Waals surface area contributed by atoms with E-state index in [0.717, 1.165) is 30.9 Å². The number of ether oxygens (including phenoxy) is 1. The lowest BCUT2D eigenvalue weighted by molar-refractivity contribution is 0.0520. The highest BCUT2D eigenvalue weighted by Crippen LogP contribution is 2.34. The highest BCUT2D eigenvalue weighted by atomic mass is 32.1. The molecule has 1 atom stereocenters. The molecule has 3 heterocycles. The number of carbonyl (C=O) groups excluding carboxylic acids is 1. The zero-order valence-corrected chi connectivity index (χ0v) is 13.7. The summed E-state index contributed by atoms with van der Waals surface area (Å²) in [7, 11) is 1.93. The Morgan fingerprint density at radius 1 is 1.55 bits per heavy atom. The van der Waals surface area contributed by atoms with Crippen LogP contribution in [0.15, 0.2) is 17.8 Å². The number of esters is 1. The monoisotopic (exact) mass is 320 g/mol. The average Bonchev–Trinajstić information content (AvgIpc) is 3.20. The van der Waals surface area contributed by atoms with E-state index in [-0.39, 0.29) is 12.0 Å². The standard InChI is InChI=1S/C15H20N4O2S/c1-3-21-15(20)12-10-22-14(17-12)13-5-4-6-19(13)9-11-7-16-18(2)8-11/h7-8,10,13H,3-6,9H2,1-2H3. The van der Waals surface area contributed by atoms with Crippen molar-refractivity contribution in [3.63, 3.8) is 0 Å². The fraction of sp³-hybridized carbons (Fsp3) is 0.533. The van der Waals surface area contributed by atoms with Crippen LogP contribution >= 0.6 is 11.3 Å². The number of aryl methyl sites for hydroxylation is 1. The summed E-state index contributed by atoms with van der Waals surface area (Å²) in [6.07, 6.45) is 6.18. The lowest BCUT2D eigenvalue weighted by Gasteiger charge is -2.21. The van der Waals surface area contributed by atoms with Gasteiger partial charge in [-0.05, 0) is 26.3 Å². The molecule has 0 saturated carbocycles. The number of likely N-dealkylation sites (tertiary alicyclic amines) is 1. The SMILES string of the molecule is CCOC(=O)c1csc(C2CCCN2Cc2cnn(C)c2)n1. The van der Waals surface area contributed by atoms with Gasteiger partial charge in [0.2, 0.25) is 0 Å². The van der Waals surface area contributed by atoms with Crippen molar-refractivity contribution >= 4 is 17.3 Å². The first-order valence-electron chi connectivity index (χ1n) is 7.51. The minimum absolute atomic E-state index is 0.286. The molecule has 7 heteroatoms. The van der Waals surface area contributed by atoms with E-state index in [1.54, 1.807) is 23.6 Å². The van der Waals surface area contributed by atoms with Crippen LogP contribution in [0.1, 0.15) is 46.9 Å². The second kappa shape index (κ2) is 6.58. The number of hydrogen-bond acceptors (Lipinski definition) is 6. The fourth-order valence-electron chi connectivity index (χ4n) is 2.82. The molecule has 0 radical (unpaired) electrons. The van der Waals surface area contributed by atoms with Gasteiger partial charge < -0.3 is 4.74 Å². The van der Waals surface area contributed by atoms with Crippen LogP contribution in [0.25, 0.3) is 0 Å². The first-order chi connectivity index (χ1) is 10.7. The maximum Gasteiger partial charge on any atom is 0.357 e. The first-order valence-corrected chi connectivity index (χ1v) is 8.39. The molecule has 0 bridgehead atoms. The largest absolute Gasteiger partial charge is 0.461 e. The molecule has 6 nitrogen and oxygen atoms in total. The third-order valence-corrected chi connectivity index (χ3v) is 4.75. The molecule has 1 fully saturated rings. The summed E-state index contributed by atoms with van der Waals surface area (Å²) in [6.45, 7) is 4.10. The highest BCUT2D eigenvalue weighted by Gasteiger charge is 2.29. The summed E-state index contributed by atoms with van der Waals surface area (Å²) in [5, 5.41) is 7.02. The highest BCUT2D eigenvalue weighted by molar-refractivity contribution is 7.09. The van der Waals surface area contributed by atoms with Gasteiger partial charge in [-0.25, -0.2) is 9.78 Å². The molecule has 0 N–H and O–H groups in total. The van der Waals surface area contributed by atoms with Gasteiger partial charge in [0.05, 0.1) is 18.8 Å². The van der Waals surface area contributed by atoms with Crippen molar-refractivity contribution in [1.29, 1.82) is 0 Å². The topological polar surface area (TPSA) is 60.2 Å².